The minimum Gasteiger partial charge on any atom is -0.478 e. The number of aromatic carboxylic acids is 1. The average Bonchev–Trinajstić information content (AvgIpc) is 2.44. The van der Waals surface area contributed by atoms with Gasteiger partial charge in [-0.2, -0.15) is 0 Å². The van der Waals surface area contributed by atoms with E-state index >= 15 is 0 Å². The van der Waals surface area contributed by atoms with Crippen molar-refractivity contribution in [2.75, 3.05) is 11.9 Å². The van der Waals surface area contributed by atoms with Crippen LogP contribution in [0.1, 0.15) is 30.6 Å². The van der Waals surface area contributed by atoms with E-state index in [9.17, 15) is 9.90 Å². The van der Waals surface area contributed by atoms with Gasteiger partial charge in [-0.15, -0.1) is 0 Å². The van der Waals surface area contributed by atoms with E-state index in [2.05, 4.69) is 25.8 Å². The molecule has 2 rings (SSSR count). The quantitative estimate of drug-likeness (QED) is 0.906. The van der Waals surface area contributed by atoms with Gasteiger partial charge in [0, 0.05) is 24.2 Å². The highest BCUT2D eigenvalue weighted by Gasteiger charge is 2.15. The molecule has 1 unspecified atom stereocenters. The Morgan fingerprint density at radius 2 is 1.84 bits per heavy atom. The molecule has 0 saturated heterocycles. The molecule has 3 heteroatoms. The van der Waals surface area contributed by atoms with Crippen LogP contribution in [0.5, 0.6) is 0 Å². The number of benzene rings is 2. The fraction of sp³-hybridized carbons (Fsp3) is 0.312. The highest BCUT2D eigenvalue weighted by molar-refractivity contribution is 6.07. The fourth-order valence-electron chi connectivity index (χ4n) is 2.29. The zero-order chi connectivity index (χ0) is 14.0. The van der Waals surface area contributed by atoms with Crippen LogP contribution in [0.25, 0.3) is 10.8 Å². The summed E-state index contributed by atoms with van der Waals surface area (Å²) in [6, 6.07) is 11.7. The van der Waals surface area contributed by atoms with Crippen molar-refractivity contribution in [2.45, 2.75) is 26.3 Å². The second-order valence-corrected chi connectivity index (χ2v) is 4.85. The summed E-state index contributed by atoms with van der Waals surface area (Å²) < 4.78 is 0. The average molecular weight is 257 g/mol. The Bertz CT molecular complexity index is 607. The Morgan fingerprint density at radius 1 is 1.21 bits per heavy atom. The first-order chi connectivity index (χ1) is 9.06. The van der Waals surface area contributed by atoms with E-state index in [1.807, 2.05) is 30.3 Å². The van der Waals surface area contributed by atoms with E-state index < -0.39 is 5.97 Å². The van der Waals surface area contributed by atoms with Gasteiger partial charge in [0.25, 0.3) is 0 Å². The lowest BCUT2D eigenvalue weighted by atomic mass is 10.0. The maximum atomic E-state index is 11.3. The smallest absolute Gasteiger partial charge is 0.336 e. The molecule has 0 heterocycles. The fourth-order valence-corrected chi connectivity index (χ4v) is 2.29. The van der Waals surface area contributed by atoms with E-state index in [1.54, 1.807) is 6.07 Å². The largest absolute Gasteiger partial charge is 0.478 e. The van der Waals surface area contributed by atoms with Crippen molar-refractivity contribution in [1.82, 2.24) is 0 Å². The molecule has 0 aromatic heterocycles. The maximum Gasteiger partial charge on any atom is 0.336 e. The topological polar surface area (TPSA) is 40.5 Å². The lowest BCUT2D eigenvalue weighted by molar-refractivity contribution is 0.0699. The first-order valence-corrected chi connectivity index (χ1v) is 6.54. The Morgan fingerprint density at radius 3 is 2.42 bits per heavy atom. The highest BCUT2D eigenvalue weighted by atomic mass is 16.4. The molecule has 19 heavy (non-hydrogen) atoms. The van der Waals surface area contributed by atoms with Crippen LogP contribution in [0.3, 0.4) is 0 Å². The van der Waals surface area contributed by atoms with Crippen molar-refractivity contribution in [3.05, 3.63) is 42.0 Å². The zero-order valence-corrected chi connectivity index (χ0v) is 11.6. The van der Waals surface area contributed by atoms with Gasteiger partial charge >= 0.3 is 5.97 Å². The minimum atomic E-state index is -0.881. The standard InChI is InChI=1S/C16H19NO2/c1-4-11(2)17(3)15-10-9-14(16(18)19)12-7-5-6-8-13(12)15/h5-11H,4H2,1-3H3,(H,18,19). The van der Waals surface area contributed by atoms with E-state index in [1.165, 1.54) is 0 Å². The van der Waals surface area contributed by atoms with E-state index in [0.29, 0.717) is 11.6 Å². The summed E-state index contributed by atoms with van der Waals surface area (Å²) in [5.41, 5.74) is 1.44. The van der Waals surface area contributed by atoms with Crippen LogP contribution in [0.15, 0.2) is 36.4 Å². The third kappa shape index (κ3) is 2.41. The predicted molar refractivity (Wildman–Crippen MR) is 79.1 cm³/mol. The van der Waals surface area contributed by atoms with Gasteiger partial charge in [0.1, 0.15) is 0 Å². The van der Waals surface area contributed by atoms with Crippen molar-refractivity contribution in [2.24, 2.45) is 0 Å². The molecule has 0 saturated carbocycles. The lowest BCUT2D eigenvalue weighted by Crippen LogP contribution is -2.28. The van der Waals surface area contributed by atoms with Gasteiger partial charge in [0.05, 0.1) is 5.56 Å². The molecule has 1 atom stereocenters. The Balaban J connectivity index is 2.65. The van der Waals surface area contributed by atoms with Gasteiger partial charge in [-0.1, -0.05) is 31.2 Å². The number of hydrogen-bond donors (Lipinski definition) is 1. The summed E-state index contributed by atoms with van der Waals surface area (Å²) in [4.78, 5) is 13.5. The van der Waals surface area contributed by atoms with E-state index in [0.717, 1.165) is 22.9 Å². The summed E-state index contributed by atoms with van der Waals surface area (Å²) in [5, 5.41) is 11.0. The first-order valence-electron chi connectivity index (χ1n) is 6.54. The lowest BCUT2D eigenvalue weighted by Gasteiger charge is -2.27. The molecular weight excluding hydrogens is 238 g/mol. The number of anilines is 1. The molecule has 2 aromatic carbocycles. The molecule has 0 fully saturated rings. The highest BCUT2D eigenvalue weighted by Crippen LogP contribution is 2.30. The van der Waals surface area contributed by atoms with E-state index in [4.69, 9.17) is 0 Å². The molecule has 100 valence electrons. The molecule has 0 radical (unpaired) electrons. The van der Waals surface area contributed by atoms with Crippen LogP contribution in [0, 0.1) is 0 Å². The number of rotatable bonds is 4. The van der Waals surface area contributed by atoms with Gasteiger partial charge in [0.2, 0.25) is 0 Å². The van der Waals surface area contributed by atoms with Crippen molar-refractivity contribution in [3.8, 4) is 0 Å². The van der Waals surface area contributed by atoms with Crippen LogP contribution in [-0.2, 0) is 0 Å². The monoisotopic (exact) mass is 257 g/mol. The Labute approximate surface area is 113 Å². The Kier molecular flexibility index (Phi) is 3.74. The number of carboxylic acid groups (broad SMARTS) is 1. The van der Waals surface area contributed by atoms with Gasteiger partial charge in [-0.25, -0.2) is 4.79 Å². The van der Waals surface area contributed by atoms with Crippen molar-refractivity contribution in [1.29, 1.82) is 0 Å². The number of carboxylic acids is 1. The van der Waals surface area contributed by atoms with Crippen LogP contribution >= 0.6 is 0 Å². The third-order valence-electron chi connectivity index (χ3n) is 3.76. The first kappa shape index (κ1) is 13.4. The Hall–Kier alpha value is -2.03. The number of nitrogens with zero attached hydrogens (tertiary/aromatic N) is 1. The second-order valence-electron chi connectivity index (χ2n) is 4.85. The van der Waals surface area contributed by atoms with Crippen LogP contribution in [0.4, 0.5) is 5.69 Å². The van der Waals surface area contributed by atoms with Gasteiger partial charge in [-0.05, 0) is 30.9 Å². The van der Waals surface area contributed by atoms with Gasteiger partial charge < -0.3 is 10.0 Å². The van der Waals surface area contributed by atoms with Crippen molar-refractivity contribution in [3.63, 3.8) is 0 Å². The summed E-state index contributed by atoms with van der Waals surface area (Å²) in [6.07, 6.45) is 1.05. The number of carbonyl (C=O) groups is 1. The summed E-state index contributed by atoms with van der Waals surface area (Å²) in [7, 11) is 2.05. The molecule has 2 aromatic rings. The van der Waals surface area contributed by atoms with Crippen molar-refractivity contribution >= 4 is 22.4 Å². The molecular formula is C16H19NO2. The maximum absolute atomic E-state index is 11.3. The summed E-state index contributed by atoms with van der Waals surface area (Å²) in [5.74, 6) is -0.881. The molecule has 0 aliphatic carbocycles. The number of fused-ring (bicyclic) bond motifs is 1. The third-order valence-corrected chi connectivity index (χ3v) is 3.76. The van der Waals surface area contributed by atoms with Gasteiger partial charge in [0.15, 0.2) is 0 Å². The SMILES string of the molecule is CCC(C)N(C)c1ccc(C(=O)O)c2ccccc12. The summed E-state index contributed by atoms with van der Waals surface area (Å²) in [6.45, 7) is 4.31. The normalized spacial score (nSPS) is 12.4. The minimum absolute atomic E-state index is 0.358. The molecule has 0 spiro atoms. The van der Waals surface area contributed by atoms with E-state index in [-0.39, 0.29) is 0 Å². The van der Waals surface area contributed by atoms with Crippen LogP contribution in [0.2, 0.25) is 0 Å². The zero-order valence-electron chi connectivity index (χ0n) is 11.6. The molecule has 3 nitrogen and oxygen atoms in total. The number of hydrogen-bond acceptors (Lipinski definition) is 2. The molecule has 0 aliphatic rings. The molecule has 0 bridgehead atoms. The van der Waals surface area contributed by atoms with Gasteiger partial charge in [-0.3, -0.25) is 0 Å². The van der Waals surface area contributed by atoms with Crippen LogP contribution in [-0.4, -0.2) is 24.2 Å². The molecule has 0 amide bonds. The van der Waals surface area contributed by atoms with Crippen LogP contribution < -0.4 is 4.90 Å². The summed E-state index contributed by atoms with van der Waals surface area (Å²) >= 11 is 0. The molecule has 1 N–H and O–H groups in total. The predicted octanol–water partition coefficient (Wildman–Crippen LogP) is 3.77. The molecule has 0 aliphatic heterocycles. The van der Waals surface area contributed by atoms with Crippen molar-refractivity contribution < 1.29 is 9.90 Å². The second kappa shape index (κ2) is 5.31.